The van der Waals surface area contributed by atoms with Crippen LogP contribution in [0.4, 0.5) is 0 Å². The van der Waals surface area contributed by atoms with Crippen molar-refractivity contribution in [3.05, 3.63) is 134 Å². The van der Waals surface area contributed by atoms with E-state index >= 15 is 0 Å². The van der Waals surface area contributed by atoms with E-state index in [9.17, 15) is 15.0 Å². The molecule has 0 heterocycles. The molecule has 0 aliphatic rings. The summed E-state index contributed by atoms with van der Waals surface area (Å²) in [6.45, 7) is 4.19. The van der Waals surface area contributed by atoms with E-state index in [-0.39, 0.29) is 12.5 Å². The van der Waals surface area contributed by atoms with Gasteiger partial charge in [0.25, 0.3) is 0 Å². The Morgan fingerprint density at radius 3 is 0.909 bits per heavy atom. The van der Waals surface area contributed by atoms with E-state index in [1.54, 1.807) is 6.08 Å². The number of carbonyl (C=O) groups is 1. The Morgan fingerprint density at radius 2 is 0.584 bits per heavy atom. The molecule has 0 bridgehead atoms. The molecule has 1 amide bonds. The van der Waals surface area contributed by atoms with Crippen molar-refractivity contribution in [2.45, 2.75) is 315 Å². The van der Waals surface area contributed by atoms with Gasteiger partial charge in [0.1, 0.15) is 0 Å². The second-order valence-electron chi connectivity index (χ2n) is 21.8. The lowest BCUT2D eigenvalue weighted by Crippen LogP contribution is -2.45. The Morgan fingerprint density at radius 1 is 0.325 bits per heavy atom. The molecule has 0 saturated carbocycles. The van der Waals surface area contributed by atoms with Gasteiger partial charge in [0.05, 0.1) is 18.8 Å². The van der Waals surface area contributed by atoms with Gasteiger partial charge in [-0.2, -0.15) is 0 Å². The van der Waals surface area contributed by atoms with Crippen LogP contribution in [0.2, 0.25) is 0 Å². The van der Waals surface area contributed by atoms with Gasteiger partial charge in [-0.15, -0.1) is 0 Å². The van der Waals surface area contributed by atoms with Gasteiger partial charge in [-0.1, -0.05) is 321 Å². The molecule has 4 heteroatoms. The first-order chi connectivity index (χ1) is 38.2. The average molecular weight is 1060 g/mol. The van der Waals surface area contributed by atoms with Crippen LogP contribution < -0.4 is 5.32 Å². The second kappa shape index (κ2) is 66.8. The van der Waals surface area contributed by atoms with Crippen molar-refractivity contribution in [1.29, 1.82) is 0 Å². The number of hydrogen-bond donors (Lipinski definition) is 3. The molecule has 0 aromatic carbocycles. The molecule has 440 valence electrons. The number of nitrogens with one attached hydrogen (secondary N) is 1. The summed E-state index contributed by atoms with van der Waals surface area (Å²) in [5.41, 5.74) is 0. The van der Waals surface area contributed by atoms with Gasteiger partial charge < -0.3 is 15.5 Å². The SMILES string of the molecule is CC/C=C\C/C=C\C/C=C\C/C=C\C/C=C\C/C=C\C/C=C\C/C=C\CCCCCCCCCCCCCCCCC(=O)NC(CO)C(O)/C=C/CC/C=C/CC/C=C/CCCCCCCCCCCCCCCCCC. The molecule has 3 N–H and O–H groups in total. The summed E-state index contributed by atoms with van der Waals surface area (Å²) in [5, 5.41) is 23.2. The lowest BCUT2D eigenvalue weighted by molar-refractivity contribution is -0.123. The van der Waals surface area contributed by atoms with Crippen molar-refractivity contribution < 1.29 is 15.0 Å². The third-order valence-corrected chi connectivity index (χ3v) is 14.3. The van der Waals surface area contributed by atoms with Gasteiger partial charge in [-0.05, 0) is 109 Å². The summed E-state index contributed by atoms with van der Waals surface area (Å²) in [4.78, 5) is 12.5. The lowest BCUT2D eigenvalue weighted by Gasteiger charge is -2.19. The molecule has 2 unspecified atom stereocenters. The molecular formula is C73H125NO3. The highest BCUT2D eigenvalue weighted by molar-refractivity contribution is 5.76. The topological polar surface area (TPSA) is 69.6 Å². The molecule has 0 fully saturated rings. The minimum absolute atomic E-state index is 0.0808. The standard InChI is InChI=1S/C73H125NO3/c1-3-5-7-9-11-13-15-17-19-21-23-25-27-29-31-32-33-34-35-36-37-38-39-40-41-42-43-45-47-49-51-53-55-57-59-61-63-65-67-69-73(77)74-71(70-75)72(76)68-66-64-62-60-58-56-54-52-50-48-46-44-30-28-26-24-22-20-18-16-14-12-10-8-6-4-2/h5,7,11,13,17,19,23,25,29,31,33-34,36-37,39-40,50,52,58,60,66,68,71-72,75-76H,3-4,6,8-10,12,14-16,18,20-22,24,26-28,30,32,35,38,41-49,51,53-57,59,61-65,67,69-70H2,1-2H3,(H,74,77)/b7-5-,13-11-,19-17-,25-23-,31-29-,34-33-,37-36-,40-39-,52-50+,60-58+,68-66+. The molecule has 0 aromatic rings. The fourth-order valence-electron chi connectivity index (χ4n) is 9.41. The van der Waals surface area contributed by atoms with Gasteiger partial charge >= 0.3 is 0 Å². The van der Waals surface area contributed by atoms with E-state index in [0.717, 1.165) is 89.9 Å². The summed E-state index contributed by atoms with van der Waals surface area (Å²) in [7, 11) is 0. The first-order valence-corrected chi connectivity index (χ1v) is 32.9. The number of amides is 1. The Kier molecular flexibility index (Phi) is 63.8. The molecule has 0 aromatic heterocycles. The van der Waals surface area contributed by atoms with E-state index in [0.29, 0.717) is 6.42 Å². The zero-order valence-electron chi connectivity index (χ0n) is 50.7. The van der Waals surface area contributed by atoms with E-state index < -0.39 is 12.1 Å². The Hall–Kier alpha value is -3.47. The third-order valence-electron chi connectivity index (χ3n) is 14.3. The lowest BCUT2D eigenvalue weighted by atomic mass is 10.0. The Labute approximate surface area is 479 Å². The van der Waals surface area contributed by atoms with Crippen LogP contribution in [0.3, 0.4) is 0 Å². The van der Waals surface area contributed by atoms with Gasteiger partial charge in [-0.3, -0.25) is 4.79 Å². The van der Waals surface area contributed by atoms with Crippen LogP contribution in [0, 0.1) is 0 Å². The number of hydrogen-bond acceptors (Lipinski definition) is 3. The summed E-state index contributed by atoms with van der Waals surface area (Å²) < 4.78 is 0. The van der Waals surface area contributed by atoms with Crippen LogP contribution in [0.1, 0.15) is 303 Å². The second-order valence-corrected chi connectivity index (χ2v) is 21.8. The minimum atomic E-state index is -0.879. The zero-order valence-corrected chi connectivity index (χ0v) is 50.7. The zero-order chi connectivity index (χ0) is 55.5. The largest absolute Gasteiger partial charge is 0.394 e. The van der Waals surface area contributed by atoms with Crippen molar-refractivity contribution in [3.8, 4) is 0 Å². The fraction of sp³-hybridized carbons (Fsp3) is 0.685. The van der Waals surface area contributed by atoms with E-state index in [2.05, 4.69) is 141 Å². The van der Waals surface area contributed by atoms with Gasteiger partial charge in [0.15, 0.2) is 0 Å². The van der Waals surface area contributed by atoms with Crippen LogP contribution >= 0.6 is 0 Å². The van der Waals surface area contributed by atoms with Crippen LogP contribution in [-0.4, -0.2) is 34.9 Å². The number of unbranched alkanes of at least 4 members (excludes halogenated alkanes) is 32. The summed E-state index contributed by atoms with van der Waals surface area (Å²) in [6, 6.07) is -0.655. The van der Waals surface area contributed by atoms with E-state index in [4.69, 9.17) is 0 Å². The number of carbonyl (C=O) groups excluding carboxylic acids is 1. The summed E-state index contributed by atoms with van der Waals surface area (Å²) in [6.07, 6.45) is 104. The molecule has 2 atom stereocenters. The highest BCUT2D eigenvalue weighted by Crippen LogP contribution is 2.16. The number of rotatable bonds is 59. The predicted molar refractivity (Wildman–Crippen MR) is 345 cm³/mol. The van der Waals surface area contributed by atoms with E-state index in [1.165, 1.54) is 193 Å². The maximum atomic E-state index is 12.5. The minimum Gasteiger partial charge on any atom is -0.394 e. The molecule has 0 aliphatic heterocycles. The van der Waals surface area contributed by atoms with Crippen molar-refractivity contribution in [2.24, 2.45) is 0 Å². The smallest absolute Gasteiger partial charge is 0.220 e. The number of aliphatic hydroxyl groups is 2. The number of allylic oxidation sites excluding steroid dienone is 21. The molecule has 0 saturated heterocycles. The van der Waals surface area contributed by atoms with Crippen molar-refractivity contribution in [2.75, 3.05) is 6.61 Å². The van der Waals surface area contributed by atoms with Crippen molar-refractivity contribution in [1.82, 2.24) is 5.32 Å². The molecule has 4 nitrogen and oxygen atoms in total. The number of aliphatic hydroxyl groups excluding tert-OH is 2. The molecule has 77 heavy (non-hydrogen) atoms. The molecule has 0 rings (SSSR count). The van der Waals surface area contributed by atoms with Crippen LogP contribution in [0.25, 0.3) is 0 Å². The third kappa shape index (κ3) is 63.2. The predicted octanol–water partition coefficient (Wildman–Crippen LogP) is 22.5. The van der Waals surface area contributed by atoms with E-state index in [1.807, 2.05) is 6.08 Å². The highest BCUT2D eigenvalue weighted by atomic mass is 16.3. The monoisotopic (exact) mass is 1060 g/mol. The maximum absolute atomic E-state index is 12.5. The molecular weight excluding hydrogens is 939 g/mol. The Bertz CT molecular complexity index is 1540. The van der Waals surface area contributed by atoms with Gasteiger partial charge in [-0.25, -0.2) is 0 Å². The van der Waals surface area contributed by atoms with Crippen molar-refractivity contribution >= 4 is 5.91 Å². The first-order valence-electron chi connectivity index (χ1n) is 32.9. The average Bonchev–Trinajstić information content (AvgIpc) is 3.43. The van der Waals surface area contributed by atoms with Crippen LogP contribution in [0.5, 0.6) is 0 Å². The molecule has 0 spiro atoms. The highest BCUT2D eigenvalue weighted by Gasteiger charge is 2.18. The molecule has 0 aliphatic carbocycles. The fourth-order valence-corrected chi connectivity index (χ4v) is 9.41. The van der Waals surface area contributed by atoms with Crippen LogP contribution in [-0.2, 0) is 4.79 Å². The normalized spacial score (nSPS) is 13.7. The summed E-state index contributed by atoms with van der Waals surface area (Å²) in [5.74, 6) is -0.0808. The quantitative estimate of drug-likeness (QED) is 0.0420. The van der Waals surface area contributed by atoms with Gasteiger partial charge in [0, 0.05) is 6.42 Å². The first kappa shape index (κ1) is 73.5. The Balaban J connectivity index is 3.58. The van der Waals surface area contributed by atoms with Crippen molar-refractivity contribution in [3.63, 3.8) is 0 Å². The van der Waals surface area contributed by atoms with Crippen LogP contribution in [0.15, 0.2) is 134 Å². The summed E-state index contributed by atoms with van der Waals surface area (Å²) >= 11 is 0. The molecule has 0 radical (unpaired) electrons. The van der Waals surface area contributed by atoms with Gasteiger partial charge in [0.2, 0.25) is 5.91 Å². The maximum Gasteiger partial charge on any atom is 0.220 e.